The Hall–Kier alpha value is -1.26. The van der Waals surface area contributed by atoms with E-state index in [0.717, 1.165) is 30.9 Å². The quantitative estimate of drug-likeness (QED) is 0.828. The van der Waals surface area contributed by atoms with Gasteiger partial charge in [0.05, 0.1) is 14.2 Å². The lowest BCUT2D eigenvalue weighted by Crippen LogP contribution is -2.30. The van der Waals surface area contributed by atoms with Gasteiger partial charge in [-0.3, -0.25) is 0 Å². The number of fused-ring (bicyclic) bond motifs is 1. The first kappa shape index (κ1) is 12.2. The van der Waals surface area contributed by atoms with Crippen LogP contribution in [0.4, 0.5) is 0 Å². The summed E-state index contributed by atoms with van der Waals surface area (Å²) in [4.78, 5) is 0. The Balaban J connectivity index is 2.39. The molecule has 0 saturated heterocycles. The van der Waals surface area contributed by atoms with Crippen LogP contribution in [0.1, 0.15) is 23.6 Å². The smallest absolute Gasteiger partial charge is 0.161 e. The highest BCUT2D eigenvalue weighted by Crippen LogP contribution is 2.35. The Morgan fingerprint density at radius 2 is 2.00 bits per heavy atom. The lowest BCUT2D eigenvalue weighted by molar-refractivity contribution is 0.262. The van der Waals surface area contributed by atoms with Gasteiger partial charge in [-0.1, -0.05) is 0 Å². The predicted molar refractivity (Wildman–Crippen MR) is 65.7 cm³/mol. The largest absolute Gasteiger partial charge is 0.493 e. The third kappa shape index (κ3) is 2.37. The highest BCUT2D eigenvalue weighted by Gasteiger charge is 2.21. The summed E-state index contributed by atoms with van der Waals surface area (Å²) in [6.45, 7) is 1.12. The molecule has 0 aromatic heterocycles. The molecule has 4 nitrogen and oxygen atoms in total. The molecule has 2 rings (SSSR count). The molecule has 0 saturated carbocycles. The molecule has 1 unspecified atom stereocenters. The highest BCUT2D eigenvalue weighted by atomic mass is 16.5. The molecule has 1 aliphatic heterocycles. The van der Waals surface area contributed by atoms with Gasteiger partial charge in [-0.25, -0.2) is 0 Å². The molecule has 17 heavy (non-hydrogen) atoms. The Labute approximate surface area is 102 Å². The van der Waals surface area contributed by atoms with Gasteiger partial charge in [0.15, 0.2) is 11.5 Å². The molecule has 2 N–H and O–H groups in total. The van der Waals surface area contributed by atoms with E-state index in [9.17, 15) is 0 Å². The van der Waals surface area contributed by atoms with Crippen molar-refractivity contribution in [2.75, 3.05) is 27.4 Å². The number of rotatable bonds is 4. The minimum absolute atomic E-state index is 0.186. The van der Waals surface area contributed by atoms with E-state index in [4.69, 9.17) is 14.6 Å². The van der Waals surface area contributed by atoms with E-state index in [0.29, 0.717) is 0 Å². The van der Waals surface area contributed by atoms with Gasteiger partial charge in [0.1, 0.15) is 0 Å². The number of hydrogen-bond acceptors (Lipinski definition) is 4. The number of methoxy groups -OCH3 is 2. The van der Waals surface area contributed by atoms with Crippen molar-refractivity contribution < 1.29 is 14.6 Å². The zero-order valence-corrected chi connectivity index (χ0v) is 10.3. The molecule has 94 valence electrons. The van der Waals surface area contributed by atoms with Crippen molar-refractivity contribution in [1.29, 1.82) is 0 Å². The van der Waals surface area contributed by atoms with Crippen LogP contribution in [0, 0.1) is 0 Å². The minimum atomic E-state index is 0.186. The van der Waals surface area contributed by atoms with E-state index in [1.807, 2.05) is 12.1 Å². The van der Waals surface area contributed by atoms with Crippen molar-refractivity contribution in [1.82, 2.24) is 5.32 Å². The van der Waals surface area contributed by atoms with Crippen LogP contribution in [0.15, 0.2) is 12.1 Å². The molecule has 1 aromatic carbocycles. The predicted octanol–water partition coefficient (Wildman–Crippen LogP) is 1.27. The van der Waals surface area contributed by atoms with Crippen LogP contribution in [0.2, 0.25) is 0 Å². The average Bonchev–Trinajstić information content (AvgIpc) is 2.38. The van der Waals surface area contributed by atoms with Crippen molar-refractivity contribution >= 4 is 0 Å². The van der Waals surface area contributed by atoms with Crippen LogP contribution in [0.5, 0.6) is 11.5 Å². The standard InChI is InChI=1S/C13H19NO3/c1-16-12-7-9-3-5-14-11(4-6-15)10(9)8-13(12)17-2/h7-8,11,14-15H,3-6H2,1-2H3. The maximum Gasteiger partial charge on any atom is 0.161 e. The van der Waals surface area contributed by atoms with Crippen molar-refractivity contribution in [3.63, 3.8) is 0 Å². The molecular weight excluding hydrogens is 218 g/mol. The van der Waals surface area contributed by atoms with Crippen LogP contribution in [-0.4, -0.2) is 32.5 Å². The van der Waals surface area contributed by atoms with Gasteiger partial charge in [0, 0.05) is 12.6 Å². The third-order valence-electron chi connectivity index (χ3n) is 3.22. The maximum atomic E-state index is 9.08. The molecule has 0 aliphatic carbocycles. The summed E-state index contributed by atoms with van der Waals surface area (Å²) >= 11 is 0. The van der Waals surface area contributed by atoms with Gasteiger partial charge in [-0.05, 0) is 42.6 Å². The molecule has 0 bridgehead atoms. The monoisotopic (exact) mass is 237 g/mol. The van der Waals surface area contributed by atoms with Crippen molar-refractivity contribution in [3.8, 4) is 11.5 Å². The zero-order valence-electron chi connectivity index (χ0n) is 10.3. The Bertz CT molecular complexity index is 392. The SMILES string of the molecule is COc1cc2c(cc1OC)C(CCO)NCC2. The summed E-state index contributed by atoms with van der Waals surface area (Å²) < 4.78 is 10.6. The fraction of sp³-hybridized carbons (Fsp3) is 0.538. The first-order valence-corrected chi connectivity index (χ1v) is 5.89. The molecule has 0 fully saturated rings. The first-order chi connectivity index (χ1) is 8.30. The van der Waals surface area contributed by atoms with E-state index in [-0.39, 0.29) is 12.6 Å². The topological polar surface area (TPSA) is 50.7 Å². The lowest BCUT2D eigenvalue weighted by Gasteiger charge is -2.27. The van der Waals surface area contributed by atoms with Crippen molar-refractivity contribution in [2.45, 2.75) is 18.9 Å². The Kier molecular flexibility index (Phi) is 3.86. The summed E-state index contributed by atoms with van der Waals surface area (Å²) in [5.74, 6) is 1.52. The van der Waals surface area contributed by atoms with Gasteiger partial charge in [0.2, 0.25) is 0 Å². The number of ether oxygens (including phenoxy) is 2. The second-order valence-electron chi connectivity index (χ2n) is 4.17. The van der Waals surface area contributed by atoms with E-state index >= 15 is 0 Å². The lowest BCUT2D eigenvalue weighted by atomic mass is 9.92. The molecule has 0 spiro atoms. The van der Waals surface area contributed by atoms with Crippen LogP contribution < -0.4 is 14.8 Å². The van der Waals surface area contributed by atoms with Crippen LogP contribution in [0.25, 0.3) is 0 Å². The van der Waals surface area contributed by atoms with E-state index < -0.39 is 0 Å². The summed E-state index contributed by atoms with van der Waals surface area (Å²) in [5, 5.41) is 12.5. The van der Waals surface area contributed by atoms with Crippen LogP contribution >= 0.6 is 0 Å². The molecule has 1 atom stereocenters. The highest BCUT2D eigenvalue weighted by molar-refractivity contribution is 5.49. The van der Waals surface area contributed by atoms with E-state index in [1.165, 1.54) is 11.1 Å². The fourth-order valence-corrected chi connectivity index (χ4v) is 2.36. The summed E-state index contributed by atoms with van der Waals surface area (Å²) in [5.41, 5.74) is 2.49. The van der Waals surface area contributed by atoms with Gasteiger partial charge < -0.3 is 19.9 Å². The van der Waals surface area contributed by atoms with Crippen LogP contribution in [0.3, 0.4) is 0 Å². The number of hydrogen-bond donors (Lipinski definition) is 2. The van der Waals surface area contributed by atoms with E-state index in [2.05, 4.69) is 5.32 Å². The summed E-state index contributed by atoms with van der Waals surface area (Å²) in [6.07, 6.45) is 1.71. The molecule has 1 aromatic rings. The Morgan fingerprint density at radius 3 is 2.65 bits per heavy atom. The number of aliphatic hydroxyl groups excluding tert-OH is 1. The molecule has 4 heteroatoms. The second kappa shape index (κ2) is 5.38. The average molecular weight is 237 g/mol. The molecule has 1 aliphatic rings. The number of aliphatic hydroxyl groups is 1. The maximum absolute atomic E-state index is 9.08. The molecule has 0 amide bonds. The zero-order chi connectivity index (χ0) is 12.3. The van der Waals surface area contributed by atoms with Crippen molar-refractivity contribution in [2.24, 2.45) is 0 Å². The minimum Gasteiger partial charge on any atom is -0.493 e. The van der Waals surface area contributed by atoms with Gasteiger partial charge in [-0.2, -0.15) is 0 Å². The van der Waals surface area contributed by atoms with E-state index in [1.54, 1.807) is 14.2 Å². The van der Waals surface area contributed by atoms with Gasteiger partial charge >= 0.3 is 0 Å². The third-order valence-corrected chi connectivity index (χ3v) is 3.22. The van der Waals surface area contributed by atoms with Crippen molar-refractivity contribution in [3.05, 3.63) is 23.3 Å². The van der Waals surface area contributed by atoms with Gasteiger partial charge in [-0.15, -0.1) is 0 Å². The van der Waals surface area contributed by atoms with Gasteiger partial charge in [0.25, 0.3) is 0 Å². The molecule has 0 radical (unpaired) electrons. The second-order valence-corrected chi connectivity index (χ2v) is 4.17. The number of benzene rings is 1. The fourth-order valence-electron chi connectivity index (χ4n) is 2.36. The first-order valence-electron chi connectivity index (χ1n) is 5.89. The van der Waals surface area contributed by atoms with Crippen LogP contribution in [-0.2, 0) is 6.42 Å². The summed E-state index contributed by atoms with van der Waals surface area (Å²) in [7, 11) is 3.29. The normalized spacial score (nSPS) is 18.6. The Morgan fingerprint density at radius 1 is 1.29 bits per heavy atom. The summed E-state index contributed by atoms with van der Waals surface area (Å²) in [6, 6.07) is 4.27. The number of nitrogens with one attached hydrogen (secondary N) is 1. The molecule has 1 heterocycles. The molecular formula is C13H19NO3.